The summed E-state index contributed by atoms with van der Waals surface area (Å²) < 4.78 is 5.16. The molecule has 134 valence electrons. The molecule has 0 aromatic heterocycles. The summed E-state index contributed by atoms with van der Waals surface area (Å²) in [5, 5.41) is 21.8. The van der Waals surface area contributed by atoms with E-state index in [-0.39, 0.29) is 0 Å². The minimum absolute atomic E-state index is 0.467. The lowest BCUT2D eigenvalue weighted by atomic mass is 10.00. The van der Waals surface area contributed by atoms with Crippen molar-refractivity contribution in [2.75, 3.05) is 13.7 Å². The molecule has 6 heteroatoms. The van der Waals surface area contributed by atoms with Crippen LogP contribution in [-0.2, 0) is 4.79 Å². The van der Waals surface area contributed by atoms with E-state index < -0.39 is 17.7 Å². The number of hydrazine groups is 1. The molecule has 2 rings (SSSR count). The van der Waals surface area contributed by atoms with Crippen molar-refractivity contribution >= 4 is 5.91 Å². The molecule has 1 saturated heterocycles. The normalized spacial score (nSPS) is 19.8. The lowest BCUT2D eigenvalue weighted by Crippen LogP contribution is -2.42. The summed E-state index contributed by atoms with van der Waals surface area (Å²) in [5.41, 5.74) is 3.52. The van der Waals surface area contributed by atoms with Gasteiger partial charge in [0.05, 0.1) is 7.11 Å². The number of unbranched alkanes of at least 4 members (excludes halogenated alkanes) is 5. The van der Waals surface area contributed by atoms with E-state index in [2.05, 4.69) is 12.3 Å². The summed E-state index contributed by atoms with van der Waals surface area (Å²) >= 11 is 0. The number of methoxy groups -OCH3 is 1. The lowest BCUT2D eigenvalue weighted by Gasteiger charge is -2.20. The second-order valence-corrected chi connectivity index (χ2v) is 6.29. The highest BCUT2D eigenvalue weighted by Crippen LogP contribution is 2.33. The molecule has 0 radical (unpaired) electrons. The van der Waals surface area contributed by atoms with Gasteiger partial charge in [0.2, 0.25) is 0 Å². The zero-order chi connectivity index (χ0) is 17.6. The molecule has 1 fully saturated rings. The second-order valence-electron chi connectivity index (χ2n) is 6.29. The average Bonchev–Trinajstić information content (AvgIpc) is 2.81. The summed E-state index contributed by atoms with van der Waals surface area (Å²) in [7, 11) is 1.54. The molecule has 1 atom stereocenters. The van der Waals surface area contributed by atoms with E-state index in [1.54, 1.807) is 31.4 Å². The van der Waals surface area contributed by atoms with Gasteiger partial charge in [-0.25, -0.2) is 5.43 Å². The maximum Gasteiger partial charge on any atom is 0.298 e. The number of amides is 1. The van der Waals surface area contributed by atoms with Crippen LogP contribution in [-0.4, -0.2) is 40.6 Å². The van der Waals surface area contributed by atoms with Crippen LogP contribution in [0.4, 0.5) is 0 Å². The molecule has 0 saturated carbocycles. The van der Waals surface area contributed by atoms with E-state index in [0.29, 0.717) is 17.9 Å². The van der Waals surface area contributed by atoms with Gasteiger partial charge < -0.3 is 14.9 Å². The molecule has 0 spiro atoms. The highest BCUT2D eigenvalue weighted by Gasteiger charge is 2.52. The van der Waals surface area contributed by atoms with E-state index in [4.69, 9.17) is 4.74 Å². The standard InChI is InChI=1S/C18H28N2O4/c1-3-4-5-6-7-8-12-20-17(21)18(22,23)16(19-20)14-10-9-11-15(13-14)24-2/h9-11,13,16,19,22-23H,3-8,12H2,1-2H3. The van der Waals surface area contributed by atoms with E-state index in [1.807, 2.05) is 0 Å². The second kappa shape index (κ2) is 8.46. The fourth-order valence-electron chi connectivity index (χ4n) is 2.97. The molecule has 1 aromatic carbocycles. The maximum atomic E-state index is 12.3. The SMILES string of the molecule is CCCCCCCCN1NC(c2cccc(OC)c2)C(O)(O)C1=O. The quantitative estimate of drug-likeness (QED) is 0.475. The number of hydrogen-bond donors (Lipinski definition) is 3. The summed E-state index contributed by atoms with van der Waals surface area (Å²) in [4.78, 5) is 12.3. The molecule has 1 unspecified atom stereocenters. The molecular formula is C18H28N2O4. The molecule has 3 N–H and O–H groups in total. The fourth-order valence-corrected chi connectivity index (χ4v) is 2.97. The Kier molecular flexibility index (Phi) is 6.60. The first-order chi connectivity index (χ1) is 11.5. The number of benzene rings is 1. The number of nitrogens with one attached hydrogen (secondary N) is 1. The predicted octanol–water partition coefficient (Wildman–Crippen LogP) is 2.12. The van der Waals surface area contributed by atoms with Crippen LogP contribution in [0.5, 0.6) is 5.75 Å². The third kappa shape index (κ3) is 4.26. The Morgan fingerprint density at radius 1 is 1.21 bits per heavy atom. The maximum absolute atomic E-state index is 12.3. The molecule has 24 heavy (non-hydrogen) atoms. The van der Waals surface area contributed by atoms with Crippen LogP contribution in [0.15, 0.2) is 24.3 Å². The van der Waals surface area contributed by atoms with Crippen molar-refractivity contribution in [3.63, 3.8) is 0 Å². The largest absolute Gasteiger partial charge is 0.497 e. The Morgan fingerprint density at radius 2 is 1.92 bits per heavy atom. The smallest absolute Gasteiger partial charge is 0.298 e. The number of nitrogens with zero attached hydrogens (tertiary/aromatic N) is 1. The first-order valence-electron chi connectivity index (χ1n) is 8.67. The van der Waals surface area contributed by atoms with Gasteiger partial charge in [0.1, 0.15) is 11.8 Å². The molecule has 1 aliphatic rings. The number of carbonyl (C=O) groups is 1. The lowest BCUT2D eigenvalue weighted by molar-refractivity contribution is -0.186. The molecule has 0 bridgehead atoms. The number of rotatable bonds is 9. The molecule has 1 aliphatic heterocycles. The van der Waals surface area contributed by atoms with Crippen LogP contribution in [0.3, 0.4) is 0 Å². The van der Waals surface area contributed by atoms with Gasteiger partial charge in [-0.1, -0.05) is 51.2 Å². The fraction of sp³-hybridized carbons (Fsp3) is 0.611. The van der Waals surface area contributed by atoms with Crippen LogP contribution in [0, 0.1) is 0 Å². The summed E-state index contributed by atoms with van der Waals surface area (Å²) in [6.45, 7) is 2.64. The van der Waals surface area contributed by atoms with Gasteiger partial charge in [0, 0.05) is 6.54 Å². The van der Waals surface area contributed by atoms with Crippen molar-refractivity contribution < 1.29 is 19.7 Å². The van der Waals surface area contributed by atoms with Gasteiger partial charge in [-0.3, -0.25) is 9.80 Å². The molecule has 1 aromatic rings. The third-order valence-corrected chi connectivity index (χ3v) is 4.41. The topological polar surface area (TPSA) is 82.0 Å². The van der Waals surface area contributed by atoms with Gasteiger partial charge in [-0.15, -0.1) is 0 Å². The molecule has 6 nitrogen and oxygen atoms in total. The van der Waals surface area contributed by atoms with Crippen molar-refractivity contribution in [3.05, 3.63) is 29.8 Å². The number of ether oxygens (including phenoxy) is 1. The van der Waals surface area contributed by atoms with Crippen LogP contribution in [0.2, 0.25) is 0 Å². The molecule has 1 heterocycles. The molecule has 1 amide bonds. The van der Waals surface area contributed by atoms with Gasteiger partial charge in [0.15, 0.2) is 0 Å². The average molecular weight is 336 g/mol. The van der Waals surface area contributed by atoms with Crippen molar-refractivity contribution in [2.45, 2.75) is 57.3 Å². The zero-order valence-corrected chi connectivity index (χ0v) is 14.5. The van der Waals surface area contributed by atoms with Crippen LogP contribution in [0.25, 0.3) is 0 Å². The van der Waals surface area contributed by atoms with E-state index in [0.717, 1.165) is 19.3 Å². The van der Waals surface area contributed by atoms with Crippen molar-refractivity contribution in [3.8, 4) is 5.75 Å². The van der Waals surface area contributed by atoms with Crippen LogP contribution >= 0.6 is 0 Å². The Labute approximate surface area is 143 Å². The Bertz CT molecular complexity index is 548. The van der Waals surface area contributed by atoms with Gasteiger partial charge in [-0.2, -0.15) is 0 Å². The Morgan fingerprint density at radius 3 is 2.62 bits per heavy atom. The number of carbonyl (C=O) groups excluding carboxylic acids is 1. The summed E-state index contributed by atoms with van der Waals surface area (Å²) in [5.74, 6) is -2.55. The first kappa shape index (κ1) is 18.7. The van der Waals surface area contributed by atoms with E-state index >= 15 is 0 Å². The van der Waals surface area contributed by atoms with E-state index in [9.17, 15) is 15.0 Å². The first-order valence-corrected chi connectivity index (χ1v) is 8.67. The summed E-state index contributed by atoms with van der Waals surface area (Å²) in [6, 6.07) is 6.06. The minimum atomic E-state index is -2.45. The minimum Gasteiger partial charge on any atom is -0.497 e. The van der Waals surface area contributed by atoms with Gasteiger partial charge in [-0.05, 0) is 24.1 Å². The number of hydrogen-bond acceptors (Lipinski definition) is 5. The van der Waals surface area contributed by atoms with Crippen LogP contribution in [0.1, 0.15) is 57.1 Å². The van der Waals surface area contributed by atoms with Crippen molar-refractivity contribution in [1.29, 1.82) is 0 Å². The number of aliphatic hydroxyl groups is 2. The Balaban J connectivity index is 1.95. The highest BCUT2D eigenvalue weighted by atomic mass is 16.5. The molecular weight excluding hydrogens is 308 g/mol. The van der Waals surface area contributed by atoms with Gasteiger partial charge in [0.25, 0.3) is 11.7 Å². The zero-order valence-electron chi connectivity index (χ0n) is 14.5. The van der Waals surface area contributed by atoms with Crippen molar-refractivity contribution in [2.24, 2.45) is 0 Å². The van der Waals surface area contributed by atoms with E-state index in [1.165, 1.54) is 24.3 Å². The van der Waals surface area contributed by atoms with Crippen molar-refractivity contribution in [1.82, 2.24) is 10.4 Å². The predicted molar refractivity (Wildman–Crippen MR) is 91.1 cm³/mol. The highest BCUT2D eigenvalue weighted by molar-refractivity contribution is 5.86. The van der Waals surface area contributed by atoms with Crippen LogP contribution < -0.4 is 10.2 Å². The van der Waals surface area contributed by atoms with Gasteiger partial charge >= 0.3 is 0 Å². The molecule has 0 aliphatic carbocycles. The summed E-state index contributed by atoms with van der Waals surface area (Å²) in [6.07, 6.45) is 6.64. The Hall–Kier alpha value is -1.63. The third-order valence-electron chi connectivity index (χ3n) is 4.41. The monoisotopic (exact) mass is 336 g/mol.